The minimum atomic E-state index is -0.942. The first kappa shape index (κ1) is 25.1. The quantitative estimate of drug-likeness (QED) is 0.493. The van der Waals surface area contributed by atoms with Crippen molar-refractivity contribution in [3.8, 4) is 0 Å². The highest BCUT2D eigenvalue weighted by Crippen LogP contribution is 2.28. The Morgan fingerprint density at radius 1 is 1.06 bits per heavy atom. The second-order valence-corrected chi connectivity index (χ2v) is 8.66. The summed E-state index contributed by atoms with van der Waals surface area (Å²) in [4.78, 5) is 37.3. The zero-order valence-electron chi connectivity index (χ0n) is 20.2. The third kappa shape index (κ3) is 6.14. The molecule has 1 aromatic heterocycles. The monoisotopic (exact) mass is 493 g/mol. The van der Waals surface area contributed by atoms with Crippen LogP contribution in [0.3, 0.4) is 0 Å². The molecule has 188 valence electrons. The summed E-state index contributed by atoms with van der Waals surface area (Å²) in [6.45, 7) is 2.35. The van der Waals surface area contributed by atoms with E-state index in [2.05, 4.69) is 10.3 Å². The average Bonchev–Trinajstić information content (AvgIpc) is 2.86. The zero-order chi connectivity index (χ0) is 25.7. The number of rotatable bonds is 8. The number of aromatic nitrogens is 2. The lowest BCUT2D eigenvalue weighted by Gasteiger charge is -2.31. The summed E-state index contributed by atoms with van der Waals surface area (Å²) in [7, 11) is 3.66. The van der Waals surface area contributed by atoms with Gasteiger partial charge in [-0.05, 0) is 42.0 Å². The Kier molecular flexibility index (Phi) is 7.74. The molecular formula is C26H28FN5O4. The van der Waals surface area contributed by atoms with Gasteiger partial charge in [-0.3, -0.25) is 9.59 Å². The van der Waals surface area contributed by atoms with E-state index in [9.17, 15) is 19.1 Å². The van der Waals surface area contributed by atoms with Crippen molar-refractivity contribution in [2.45, 2.75) is 12.8 Å². The molecule has 0 spiro atoms. The first-order valence-electron chi connectivity index (χ1n) is 11.6. The fourth-order valence-electron chi connectivity index (χ4n) is 3.99. The van der Waals surface area contributed by atoms with E-state index in [1.165, 1.54) is 24.3 Å². The Labute approximate surface area is 208 Å². The lowest BCUT2D eigenvalue weighted by atomic mass is 10.1. The van der Waals surface area contributed by atoms with Crippen molar-refractivity contribution in [3.63, 3.8) is 0 Å². The number of ether oxygens (including phenoxy) is 1. The van der Waals surface area contributed by atoms with Gasteiger partial charge in [-0.25, -0.2) is 14.4 Å². The molecule has 0 bridgehead atoms. The minimum Gasteiger partial charge on any atom is -0.481 e. The van der Waals surface area contributed by atoms with Crippen molar-refractivity contribution in [2.24, 2.45) is 0 Å². The molecule has 4 rings (SSSR count). The van der Waals surface area contributed by atoms with E-state index in [0.29, 0.717) is 67.0 Å². The predicted molar refractivity (Wildman–Crippen MR) is 134 cm³/mol. The number of hydrogen-bond acceptors (Lipinski definition) is 7. The average molecular weight is 494 g/mol. The normalized spacial score (nSPS) is 13.4. The second-order valence-electron chi connectivity index (χ2n) is 8.66. The van der Waals surface area contributed by atoms with E-state index in [4.69, 9.17) is 9.72 Å². The smallest absolute Gasteiger partial charge is 0.308 e. The first-order valence-corrected chi connectivity index (χ1v) is 11.6. The van der Waals surface area contributed by atoms with Crippen molar-refractivity contribution >= 4 is 29.2 Å². The van der Waals surface area contributed by atoms with E-state index < -0.39 is 11.8 Å². The SMILES string of the molecule is CN(C)c1nc(Cc2ccc(NC(=O)c3ccc(F)cc3)cc2)nc(N2CCOCC2)c1CC(=O)O. The highest BCUT2D eigenvalue weighted by atomic mass is 19.1. The third-order valence-corrected chi connectivity index (χ3v) is 5.75. The molecule has 1 aliphatic rings. The van der Waals surface area contributed by atoms with Crippen LogP contribution in [0.25, 0.3) is 0 Å². The topological polar surface area (TPSA) is 108 Å². The van der Waals surface area contributed by atoms with Gasteiger partial charge in [-0.1, -0.05) is 12.1 Å². The number of halogens is 1. The number of aliphatic carboxylic acids is 1. The van der Waals surface area contributed by atoms with Crippen molar-refractivity contribution in [3.05, 3.63) is 76.9 Å². The Balaban J connectivity index is 1.56. The second kappa shape index (κ2) is 11.1. The molecule has 1 amide bonds. The van der Waals surface area contributed by atoms with Crippen LogP contribution in [-0.2, 0) is 22.4 Å². The summed E-state index contributed by atoms with van der Waals surface area (Å²) >= 11 is 0. The predicted octanol–water partition coefficient (Wildman–Crippen LogP) is 2.99. The fourth-order valence-corrected chi connectivity index (χ4v) is 3.99. The zero-order valence-corrected chi connectivity index (χ0v) is 20.2. The van der Waals surface area contributed by atoms with Crippen molar-refractivity contribution in [2.75, 3.05) is 55.5 Å². The number of nitrogens with zero attached hydrogens (tertiary/aromatic N) is 4. The highest BCUT2D eigenvalue weighted by Gasteiger charge is 2.24. The molecule has 10 heteroatoms. The molecule has 1 aliphatic heterocycles. The molecule has 0 radical (unpaired) electrons. The summed E-state index contributed by atoms with van der Waals surface area (Å²) in [6, 6.07) is 12.7. The van der Waals surface area contributed by atoms with Crippen LogP contribution in [0.5, 0.6) is 0 Å². The number of amides is 1. The van der Waals surface area contributed by atoms with Crippen molar-refractivity contribution in [1.82, 2.24) is 9.97 Å². The highest BCUT2D eigenvalue weighted by molar-refractivity contribution is 6.04. The molecule has 1 saturated heterocycles. The number of carbonyl (C=O) groups excluding carboxylic acids is 1. The van der Waals surface area contributed by atoms with Crippen LogP contribution in [0.2, 0.25) is 0 Å². The van der Waals surface area contributed by atoms with Gasteiger partial charge in [0.25, 0.3) is 5.91 Å². The maximum Gasteiger partial charge on any atom is 0.308 e. The molecule has 0 atom stereocenters. The molecule has 0 unspecified atom stereocenters. The van der Waals surface area contributed by atoms with E-state index in [0.717, 1.165) is 5.56 Å². The molecule has 2 N–H and O–H groups in total. The maximum absolute atomic E-state index is 13.1. The van der Waals surface area contributed by atoms with E-state index in [-0.39, 0.29) is 12.3 Å². The number of carboxylic acids is 1. The molecule has 9 nitrogen and oxygen atoms in total. The van der Waals surface area contributed by atoms with Gasteiger partial charge in [0, 0.05) is 50.4 Å². The summed E-state index contributed by atoms with van der Waals surface area (Å²) in [5.41, 5.74) is 2.48. The van der Waals surface area contributed by atoms with Gasteiger partial charge in [-0.2, -0.15) is 0 Å². The Bertz CT molecular complexity index is 1230. The number of anilines is 3. The van der Waals surface area contributed by atoms with Crippen LogP contribution in [-0.4, -0.2) is 67.3 Å². The van der Waals surface area contributed by atoms with Gasteiger partial charge in [0.15, 0.2) is 0 Å². The molecule has 3 aromatic rings. The van der Waals surface area contributed by atoms with Crippen LogP contribution in [0.1, 0.15) is 27.3 Å². The summed E-state index contributed by atoms with van der Waals surface area (Å²) < 4.78 is 18.6. The summed E-state index contributed by atoms with van der Waals surface area (Å²) in [6.07, 6.45) is 0.251. The molecule has 2 heterocycles. The van der Waals surface area contributed by atoms with Crippen molar-refractivity contribution < 1.29 is 23.8 Å². The molecular weight excluding hydrogens is 465 g/mol. The molecule has 0 saturated carbocycles. The summed E-state index contributed by atoms with van der Waals surface area (Å²) in [5, 5.41) is 12.3. The van der Waals surface area contributed by atoms with Crippen LogP contribution in [0, 0.1) is 5.82 Å². The third-order valence-electron chi connectivity index (χ3n) is 5.75. The van der Waals surface area contributed by atoms with Gasteiger partial charge in [-0.15, -0.1) is 0 Å². The van der Waals surface area contributed by atoms with Crippen LogP contribution < -0.4 is 15.1 Å². The molecule has 36 heavy (non-hydrogen) atoms. The lowest BCUT2D eigenvalue weighted by Crippen LogP contribution is -2.38. The summed E-state index contributed by atoms with van der Waals surface area (Å²) in [5.74, 6) is 0.0958. The molecule has 1 fully saturated rings. The Morgan fingerprint density at radius 3 is 2.33 bits per heavy atom. The minimum absolute atomic E-state index is 0.178. The van der Waals surface area contributed by atoms with Crippen LogP contribution in [0.15, 0.2) is 48.5 Å². The van der Waals surface area contributed by atoms with Gasteiger partial charge in [0.05, 0.1) is 19.6 Å². The first-order chi connectivity index (χ1) is 17.3. The van der Waals surface area contributed by atoms with Gasteiger partial charge in [0.2, 0.25) is 0 Å². The largest absolute Gasteiger partial charge is 0.481 e. The molecule has 2 aromatic carbocycles. The van der Waals surface area contributed by atoms with Crippen LogP contribution in [0.4, 0.5) is 21.7 Å². The number of nitrogens with one attached hydrogen (secondary N) is 1. The number of hydrogen-bond donors (Lipinski definition) is 2. The van der Waals surface area contributed by atoms with Gasteiger partial charge >= 0.3 is 5.97 Å². The number of morpholine rings is 1. The van der Waals surface area contributed by atoms with E-state index >= 15 is 0 Å². The Hall–Kier alpha value is -4.05. The Morgan fingerprint density at radius 2 is 1.72 bits per heavy atom. The van der Waals surface area contributed by atoms with Gasteiger partial charge in [0.1, 0.15) is 23.3 Å². The van der Waals surface area contributed by atoms with E-state index in [1.807, 2.05) is 36.0 Å². The lowest BCUT2D eigenvalue weighted by molar-refractivity contribution is -0.136. The molecule has 0 aliphatic carbocycles. The fraction of sp³-hybridized carbons (Fsp3) is 0.308. The van der Waals surface area contributed by atoms with E-state index in [1.54, 1.807) is 12.1 Å². The standard InChI is InChI=1S/C26H28FN5O4/c1-31(2)24-21(16-23(33)34)25(32-11-13-36-14-12-32)30-22(29-24)15-17-3-9-20(10-4-17)28-26(35)18-5-7-19(27)8-6-18/h3-10H,11-16H2,1-2H3,(H,28,35)(H,33,34). The number of carboxylic acid groups (broad SMARTS) is 1. The maximum atomic E-state index is 13.1. The van der Waals surface area contributed by atoms with Gasteiger partial charge < -0.3 is 25.0 Å². The number of benzene rings is 2. The number of carbonyl (C=O) groups is 2. The van der Waals surface area contributed by atoms with Crippen LogP contribution >= 0.6 is 0 Å². The van der Waals surface area contributed by atoms with Crippen molar-refractivity contribution in [1.29, 1.82) is 0 Å².